The second kappa shape index (κ2) is 5.08. The van der Waals surface area contributed by atoms with Gasteiger partial charge in [-0.3, -0.25) is 9.69 Å². The van der Waals surface area contributed by atoms with Crippen LogP contribution in [0.5, 0.6) is 0 Å². The lowest BCUT2D eigenvalue weighted by atomic mass is 9.68. The molecule has 2 aliphatic rings. The van der Waals surface area contributed by atoms with Gasteiger partial charge in [-0.25, -0.2) is 0 Å². The molecule has 5 heteroatoms. The number of methoxy groups -OCH3 is 2. The fraction of sp³-hybridized carbons (Fsp3) is 0.500. The molecule has 5 nitrogen and oxygen atoms in total. The number of carbonyl (C=O) groups excluding carboxylic acids is 1. The van der Waals surface area contributed by atoms with Gasteiger partial charge in [-0.05, 0) is 37.1 Å². The lowest BCUT2D eigenvalue weighted by Crippen LogP contribution is -2.60. The van der Waals surface area contributed by atoms with Gasteiger partial charge < -0.3 is 14.5 Å². The van der Waals surface area contributed by atoms with Crippen molar-refractivity contribution < 1.29 is 14.3 Å². The maximum Gasteiger partial charge on any atom is 0.310 e. The number of nitrogens with zero attached hydrogens (tertiary/aromatic N) is 1. The zero-order valence-corrected chi connectivity index (χ0v) is 13.8. The van der Waals surface area contributed by atoms with Crippen molar-refractivity contribution in [1.29, 1.82) is 0 Å². The summed E-state index contributed by atoms with van der Waals surface area (Å²) in [5, 5.41) is 1.25. The monoisotopic (exact) mass is 314 g/mol. The van der Waals surface area contributed by atoms with Gasteiger partial charge >= 0.3 is 5.97 Å². The van der Waals surface area contributed by atoms with E-state index in [-0.39, 0.29) is 17.9 Å². The largest absolute Gasteiger partial charge is 0.469 e. The smallest absolute Gasteiger partial charge is 0.310 e. The number of esters is 1. The van der Waals surface area contributed by atoms with Crippen LogP contribution in [-0.2, 0) is 26.3 Å². The van der Waals surface area contributed by atoms with Crippen molar-refractivity contribution in [1.82, 2.24) is 9.88 Å². The van der Waals surface area contributed by atoms with Crippen LogP contribution in [0.15, 0.2) is 24.4 Å². The number of rotatable bonds is 2. The molecule has 0 radical (unpaired) electrons. The molecule has 23 heavy (non-hydrogen) atoms. The third kappa shape index (κ3) is 1.90. The second-order valence-corrected chi connectivity index (χ2v) is 6.72. The van der Waals surface area contributed by atoms with Gasteiger partial charge in [0.15, 0.2) is 0 Å². The standard InChI is InChI=1S/C18H22N2O3/c1-20-10-12(17(21)22-2)8-18(23-3)13-5-4-6-14-16(13)11(9-19-14)7-15(18)20/h4-6,9,12,15,19H,7-8,10H2,1-3H3/t12?,15-,18+/m1/s1. The summed E-state index contributed by atoms with van der Waals surface area (Å²) in [5.74, 6) is -0.323. The van der Waals surface area contributed by atoms with Crippen LogP contribution in [0.3, 0.4) is 0 Å². The number of nitrogens with one attached hydrogen (secondary N) is 1. The molecule has 2 heterocycles. The number of likely N-dealkylation sites (N-methyl/N-ethyl adjacent to an activating group) is 1. The van der Waals surface area contributed by atoms with E-state index in [1.807, 2.05) is 0 Å². The van der Waals surface area contributed by atoms with Gasteiger partial charge in [0.1, 0.15) is 5.60 Å². The van der Waals surface area contributed by atoms with Gasteiger partial charge in [-0.15, -0.1) is 0 Å². The molecule has 1 saturated heterocycles. The molecule has 1 unspecified atom stereocenters. The molecule has 1 N–H and O–H groups in total. The molecular weight excluding hydrogens is 292 g/mol. The quantitative estimate of drug-likeness (QED) is 0.862. The molecule has 0 saturated carbocycles. The lowest BCUT2D eigenvalue weighted by molar-refractivity contribution is -0.163. The van der Waals surface area contributed by atoms with Crippen molar-refractivity contribution in [2.45, 2.75) is 24.5 Å². The number of benzene rings is 1. The van der Waals surface area contributed by atoms with E-state index in [1.165, 1.54) is 23.6 Å². The zero-order chi connectivity index (χ0) is 16.2. The average Bonchev–Trinajstić information content (AvgIpc) is 2.99. The minimum Gasteiger partial charge on any atom is -0.469 e. The first-order valence-electron chi connectivity index (χ1n) is 8.03. The van der Waals surface area contributed by atoms with Crippen LogP contribution in [0, 0.1) is 5.92 Å². The molecule has 0 bridgehead atoms. The van der Waals surface area contributed by atoms with Crippen LogP contribution in [0.4, 0.5) is 0 Å². The Morgan fingerprint density at radius 1 is 1.39 bits per heavy atom. The molecular formula is C18H22N2O3. The fourth-order valence-corrected chi connectivity index (χ4v) is 4.64. The van der Waals surface area contributed by atoms with E-state index < -0.39 is 5.60 Å². The van der Waals surface area contributed by atoms with Crippen LogP contribution in [0.25, 0.3) is 10.9 Å². The third-order valence-electron chi connectivity index (χ3n) is 5.68. The summed E-state index contributed by atoms with van der Waals surface area (Å²) < 4.78 is 11.1. The summed E-state index contributed by atoms with van der Waals surface area (Å²) in [6, 6.07) is 6.52. The number of hydrogen-bond acceptors (Lipinski definition) is 4. The predicted octanol–water partition coefficient (Wildman–Crippen LogP) is 2.06. The Labute approximate surface area is 135 Å². The first-order chi connectivity index (χ1) is 11.1. The Bertz CT molecular complexity index is 769. The number of aromatic amines is 1. The van der Waals surface area contributed by atoms with Crippen LogP contribution in [-0.4, -0.2) is 49.7 Å². The topological polar surface area (TPSA) is 54.6 Å². The van der Waals surface area contributed by atoms with Gasteiger partial charge in [0.2, 0.25) is 0 Å². The fourth-order valence-electron chi connectivity index (χ4n) is 4.64. The average molecular weight is 314 g/mol. The molecule has 1 aromatic heterocycles. The highest BCUT2D eigenvalue weighted by Crippen LogP contribution is 2.49. The zero-order valence-electron chi connectivity index (χ0n) is 13.8. The third-order valence-corrected chi connectivity index (χ3v) is 5.68. The van der Waals surface area contributed by atoms with Crippen molar-refractivity contribution in [3.05, 3.63) is 35.5 Å². The lowest BCUT2D eigenvalue weighted by Gasteiger charge is -2.52. The molecule has 1 aliphatic heterocycles. The van der Waals surface area contributed by atoms with E-state index in [0.717, 1.165) is 11.9 Å². The van der Waals surface area contributed by atoms with E-state index >= 15 is 0 Å². The summed E-state index contributed by atoms with van der Waals surface area (Å²) in [6.07, 6.45) is 3.69. The number of ether oxygens (including phenoxy) is 2. The minimum absolute atomic E-state index is 0.154. The number of fused-ring (bicyclic) bond motifs is 2. The SMILES string of the molecule is COC(=O)C1CN(C)[C@@H]2Cc3c[nH]c4cccc(c34)[C@@]2(OC)C1. The highest BCUT2D eigenvalue weighted by atomic mass is 16.5. The van der Waals surface area contributed by atoms with Gasteiger partial charge in [-0.1, -0.05) is 12.1 Å². The Balaban J connectivity index is 1.90. The van der Waals surface area contributed by atoms with Crippen LogP contribution in [0.1, 0.15) is 17.5 Å². The van der Waals surface area contributed by atoms with E-state index in [4.69, 9.17) is 9.47 Å². The van der Waals surface area contributed by atoms with Gasteiger partial charge in [0, 0.05) is 36.8 Å². The maximum atomic E-state index is 12.2. The minimum atomic E-state index is -0.472. The maximum absolute atomic E-state index is 12.2. The molecule has 1 fully saturated rings. The van der Waals surface area contributed by atoms with Crippen LogP contribution < -0.4 is 0 Å². The van der Waals surface area contributed by atoms with Gasteiger partial charge in [0.25, 0.3) is 0 Å². The normalized spacial score (nSPS) is 30.2. The summed E-state index contributed by atoms with van der Waals surface area (Å²) in [5.41, 5.74) is 3.18. The van der Waals surface area contributed by atoms with Gasteiger partial charge in [-0.2, -0.15) is 0 Å². The number of hydrogen-bond donors (Lipinski definition) is 1. The molecule has 0 amide bonds. The molecule has 0 spiro atoms. The van der Waals surface area contributed by atoms with Gasteiger partial charge in [0.05, 0.1) is 13.0 Å². The highest BCUT2D eigenvalue weighted by molar-refractivity contribution is 5.89. The van der Waals surface area contributed by atoms with E-state index in [0.29, 0.717) is 13.0 Å². The Morgan fingerprint density at radius 3 is 2.96 bits per heavy atom. The summed E-state index contributed by atoms with van der Waals surface area (Å²) in [6.45, 7) is 0.707. The van der Waals surface area contributed by atoms with E-state index in [9.17, 15) is 4.79 Å². The van der Waals surface area contributed by atoms with Crippen molar-refractivity contribution in [2.75, 3.05) is 27.8 Å². The van der Waals surface area contributed by atoms with Crippen molar-refractivity contribution in [2.24, 2.45) is 5.92 Å². The summed E-state index contributed by atoms with van der Waals surface area (Å²) in [4.78, 5) is 17.8. The Hall–Kier alpha value is -1.85. The molecule has 4 rings (SSSR count). The molecule has 122 valence electrons. The number of piperidine rings is 1. The first kappa shape index (κ1) is 14.7. The number of carbonyl (C=O) groups is 1. The van der Waals surface area contributed by atoms with Crippen LogP contribution in [0.2, 0.25) is 0 Å². The molecule has 3 atom stereocenters. The van der Waals surface area contributed by atoms with E-state index in [1.54, 1.807) is 7.11 Å². The van der Waals surface area contributed by atoms with Crippen molar-refractivity contribution in [3.8, 4) is 0 Å². The highest BCUT2D eigenvalue weighted by Gasteiger charge is 2.53. The van der Waals surface area contributed by atoms with Crippen LogP contribution >= 0.6 is 0 Å². The number of likely N-dealkylation sites (tertiary alicyclic amines) is 1. The summed E-state index contributed by atoms with van der Waals surface area (Å²) in [7, 11) is 5.29. The first-order valence-corrected chi connectivity index (χ1v) is 8.03. The molecule has 1 aliphatic carbocycles. The predicted molar refractivity (Wildman–Crippen MR) is 87.2 cm³/mol. The Morgan fingerprint density at radius 2 is 2.22 bits per heavy atom. The van der Waals surface area contributed by atoms with Crippen molar-refractivity contribution in [3.63, 3.8) is 0 Å². The number of H-pyrrole nitrogens is 1. The van der Waals surface area contributed by atoms with Crippen molar-refractivity contribution >= 4 is 16.9 Å². The second-order valence-electron chi connectivity index (χ2n) is 6.72. The molecule has 2 aromatic rings. The van der Waals surface area contributed by atoms with E-state index in [2.05, 4.69) is 41.3 Å². The number of aromatic nitrogens is 1. The Kier molecular flexibility index (Phi) is 3.25. The summed E-state index contributed by atoms with van der Waals surface area (Å²) >= 11 is 0. The molecule has 1 aromatic carbocycles.